The van der Waals surface area contributed by atoms with E-state index < -0.39 is 19.9 Å². The lowest BCUT2D eigenvalue weighted by Crippen LogP contribution is -2.28. The monoisotopic (exact) mass is 162 g/mol. The van der Waals surface area contributed by atoms with Crippen LogP contribution in [0.25, 0.3) is 0 Å². The van der Waals surface area contributed by atoms with Crippen molar-refractivity contribution in [2.45, 2.75) is 37.9 Å². The smallest absolute Gasteiger partial charge is 0.430 e. The third-order valence-electron chi connectivity index (χ3n) is 1.69. The van der Waals surface area contributed by atoms with Crippen LogP contribution in [0.15, 0.2) is 0 Å². The highest BCUT2D eigenvalue weighted by Crippen LogP contribution is 2.17. The maximum absolute atomic E-state index is 8.93. The van der Waals surface area contributed by atoms with Crippen LogP contribution in [-0.4, -0.2) is 40.2 Å². The summed E-state index contributed by atoms with van der Waals surface area (Å²) in [6.07, 6.45) is 2.81. The van der Waals surface area contributed by atoms with Crippen LogP contribution in [-0.2, 0) is 0 Å². The SMILES string of the molecule is OBO.OC1CCCCC1O. The molecule has 66 valence electrons. The van der Waals surface area contributed by atoms with Gasteiger partial charge in [-0.3, -0.25) is 0 Å². The molecule has 0 heterocycles. The van der Waals surface area contributed by atoms with E-state index in [4.69, 9.17) is 20.3 Å². The summed E-state index contributed by atoms with van der Waals surface area (Å²) < 4.78 is 0. The van der Waals surface area contributed by atoms with E-state index in [9.17, 15) is 0 Å². The average molecular weight is 162 g/mol. The van der Waals surface area contributed by atoms with Crippen LogP contribution >= 0.6 is 0 Å². The molecule has 1 saturated carbocycles. The van der Waals surface area contributed by atoms with Crippen LogP contribution < -0.4 is 0 Å². The Hall–Kier alpha value is -0.0951. The van der Waals surface area contributed by atoms with E-state index in [1.54, 1.807) is 0 Å². The van der Waals surface area contributed by atoms with Gasteiger partial charge < -0.3 is 20.3 Å². The van der Waals surface area contributed by atoms with Crippen molar-refractivity contribution in [1.29, 1.82) is 0 Å². The number of aliphatic hydroxyl groups excluding tert-OH is 2. The Morgan fingerprint density at radius 2 is 1.18 bits per heavy atom. The largest absolute Gasteiger partial charge is 0.432 e. The Labute approximate surface area is 66.8 Å². The number of rotatable bonds is 0. The van der Waals surface area contributed by atoms with Crippen molar-refractivity contribution in [2.24, 2.45) is 0 Å². The van der Waals surface area contributed by atoms with Crippen molar-refractivity contribution in [3.05, 3.63) is 0 Å². The van der Waals surface area contributed by atoms with Crippen molar-refractivity contribution < 1.29 is 20.3 Å². The van der Waals surface area contributed by atoms with Crippen molar-refractivity contribution in [3.8, 4) is 0 Å². The molecule has 0 spiro atoms. The molecule has 4 nitrogen and oxygen atoms in total. The van der Waals surface area contributed by atoms with Gasteiger partial charge in [-0.15, -0.1) is 0 Å². The molecule has 2 atom stereocenters. The predicted molar refractivity (Wildman–Crippen MR) is 42.1 cm³/mol. The minimum atomic E-state index is -0.750. The second kappa shape index (κ2) is 6.60. The molecule has 5 heteroatoms. The van der Waals surface area contributed by atoms with Gasteiger partial charge in [-0.25, -0.2) is 0 Å². The Morgan fingerprint density at radius 3 is 1.36 bits per heavy atom. The summed E-state index contributed by atoms with van der Waals surface area (Å²) in [6, 6.07) is 0. The summed E-state index contributed by atoms with van der Waals surface area (Å²) in [4.78, 5) is 0. The summed E-state index contributed by atoms with van der Waals surface area (Å²) in [5.41, 5.74) is 0. The summed E-state index contributed by atoms with van der Waals surface area (Å²) in [6.45, 7) is 0. The van der Waals surface area contributed by atoms with Gasteiger partial charge in [0.2, 0.25) is 0 Å². The van der Waals surface area contributed by atoms with E-state index >= 15 is 0 Å². The molecule has 0 amide bonds. The van der Waals surface area contributed by atoms with Crippen molar-refractivity contribution >= 4 is 7.69 Å². The van der Waals surface area contributed by atoms with E-state index in [2.05, 4.69) is 0 Å². The van der Waals surface area contributed by atoms with Gasteiger partial charge in [-0.1, -0.05) is 12.8 Å². The number of hydrogen-bond acceptors (Lipinski definition) is 4. The molecular weight excluding hydrogens is 147 g/mol. The lowest BCUT2D eigenvalue weighted by molar-refractivity contribution is -0.00865. The first-order valence-corrected chi connectivity index (χ1v) is 3.80. The molecule has 0 aliphatic heterocycles. The second-order valence-electron chi connectivity index (χ2n) is 2.56. The molecule has 11 heavy (non-hydrogen) atoms. The van der Waals surface area contributed by atoms with Crippen LogP contribution in [0.4, 0.5) is 0 Å². The first-order valence-electron chi connectivity index (χ1n) is 3.80. The van der Waals surface area contributed by atoms with Crippen LogP contribution in [0.2, 0.25) is 0 Å². The molecular formula is C6H15BO4. The molecule has 0 aromatic carbocycles. The fourth-order valence-corrected chi connectivity index (χ4v) is 1.09. The molecule has 4 N–H and O–H groups in total. The van der Waals surface area contributed by atoms with Crippen molar-refractivity contribution in [2.75, 3.05) is 0 Å². The summed E-state index contributed by atoms with van der Waals surface area (Å²) in [5.74, 6) is 0. The third kappa shape index (κ3) is 5.20. The van der Waals surface area contributed by atoms with Gasteiger partial charge in [0.1, 0.15) is 0 Å². The third-order valence-corrected chi connectivity index (χ3v) is 1.69. The number of aliphatic hydroxyl groups is 2. The highest BCUT2D eigenvalue weighted by molar-refractivity contribution is 6.13. The molecule has 0 aromatic rings. The summed E-state index contributed by atoms with van der Waals surface area (Å²) >= 11 is 0. The standard InChI is InChI=1S/C6H12O2.BH3O2/c7-5-3-1-2-4-6(5)8;2-1-3/h5-8H,1-4H2;1-3H. The van der Waals surface area contributed by atoms with Gasteiger partial charge in [0.05, 0.1) is 12.2 Å². The molecule has 0 bridgehead atoms. The molecule has 1 aliphatic carbocycles. The van der Waals surface area contributed by atoms with Gasteiger partial charge in [0.25, 0.3) is 0 Å². The van der Waals surface area contributed by atoms with Gasteiger partial charge in [-0.05, 0) is 12.8 Å². The zero-order valence-corrected chi connectivity index (χ0v) is 6.48. The van der Waals surface area contributed by atoms with Crippen LogP contribution in [0.1, 0.15) is 25.7 Å². The normalized spacial score (nSPS) is 30.2. The van der Waals surface area contributed by atoms with Gasteiger partial charge >= 0.3 is 7.69 Å². The van der Waals surface area contributed by atoms with E-state index in [1.807, 2.05) is 0 Å². The molecule has 1 rings (SSSR count). The zero-order chi connectivity index (χ0) is 8.69. The molecule has 0 radical (unpaired) electrons. The average Bonchev–Trinajstić information content (AvgIpc) is 1.97. The van der Waals surface area contributed by atoms with Gasteiger partial charge in [0.15, 0.2) is 0 Å². The second-order valence-corrected chi connectivity index (χ2v) is 2.56. The first kappa shape index (κ1) is 10.9. The molecule has 1 fully saturated rings. The molecule has 1 aliphatic rings. The van der Waals surface area contributed by atoms with E-state index in [0.29, 0.717) is 0 Å². The Bertz CT molecular complexity index is 80.7. The Morgan fingerprint density at radius 1 is 0.909 bits per heavy atom. The minimum Gasteiger partial charge on any atom is -0.430 e. The Balaban J connectivity index is 0.000000292. The maximum Gasteiger partial charge on any atom is 0.432 e. The maximum atomic E-state index is 8.93. The highest BCUT2D eigenvalue weighted by atomic mass is 16.4. The summed E-state index contributed by atoms with van der Waals surface area (Å²) in [7, 11) is -0.750. The zero-order valence-electron chi connectivity index (χ0n) is 6.48. The fourth-order valence-electron chi connectivity index (χ4n) is 1.09. The lowest BCUT2D eigenvalue weighted by Gasteiger charge is -2.22. The lowest BCUT2D eigenvalue weighted by atomic mass is 9.95. The van der Waals surface area contributed by atoms with Crippen LogP contribution in [0.3, 0.4) is 0 Å². The van der Waals surface area contributed by atoms with Crippen molar-refractivity contribution in [1.82, 2.24) is 0 Å². The van der Waals surface area contributed by atoms with Crippen LogP contribution in [0.5, 0.6) is 0 Å². The van der Waals surface area contributed by atoms with Gasteiger partial charge in [-0.2, -0.15) is 0 Å². The van der Waals surface area contributed by atoms with Crippen LogP contribution in [0, 0.1) is 0 Å². The van der Waals surface area contributed by atoms with Gasteiger partial charge in [0, 0.05) is 0 Å². The first-order chi connectivity index (χ1) is 5.22. The van der Waals surface area contributed by atoms with E-state index in [-0.39, 0.29) is 0 Å². The minimum absolute atomic E-state index is 0.441. The van der Waals surface area contributed by atoms with E-state index in [0.717, 1.165) is 25.7 Å². The Kier molecular flexibility index (Phi) is 6.55. The fraction of sp³-hybridized carbons (Fsp3) is 1.00. The summed E-state index contributed by atoms with van der Waals surface area (Å²) in [5, 5.41) is 32.1. The molecule has 0 saturated heterocycles. The number of hydrogen-bond donors (Lipinski definition) is 4. The topological polar surface area (TPSA) is 80.9 Å². The highest BCUT2D eigenvalue weighted by Gasteiger charge is 2.19. The van der Waals surface area contributed by atoms with E-state index in [1.165, 1.54) is 0 Å². The molecule has 2 unspecified atom stereocenters. The quantitative estimate of drug-likeness (QED) is 0.327. The van der Waals surface area contributed by atoms with Crippen molar-refractivity contribution in [3.63, 3.8) is 0 Å². The molecule has 0 aromatic heterocycles. The predicted octanol–water partition coefficient (Wildman–Crippen LogP) is -1.48.